The number of benzene rings is 1. The molecule has 0 spiro atoms. The quantitative estimate of drug-likeness (QED) is 0.513. The van der Waals surface area contributed by atoms with Crippen molar-refractivity contribution in [2.24, 2.45) is 16.8 Å². The van der Waals surface area contributed by atoms with Gasteiger partial charge in [-0.15, -0.1) is 0 Å². The van der Waals surface area contributed by atoms with Gasteiger partial charge in [-0.25, -0.2) is 4.98 Å². The van der Waals surface area contributed by atoms with E-state index >= 15 is 0 Å². The van der Waals surface area contributed by atoms with Gasteiger partial charge in [0.2, 0.25) is 5.91 Å². The lowest BCUT2D eigenvalue weighted by atomic mass is 9.83. The Kier molecular flexibility index (Phi) is 8.50. The number of nitrogens with one attached hydrogen (secondary N) is 1. The second-order valence-electron chi connectivity index (χ2n) is 13.0. The molecule has 8 nitrogen and oxygen atoms in total. The first-order valence-electron chi connectivity index (χ1n) is 15.2. The molecule has 3 heterocycles. The Morgan fingerprint density at radius 3 is 2.41 bits per heavy atom. The van der Waals surface area contributed by atoms with E-state index in [0.717, 1.165) is 80.1 Å². The van der Waals surface area contributed by atoms with Crippen LogP contribution in [0, 0.1) is 18.8 Å². The molecule has 2 aromatic rings. The van der Waals surface area contributed by atoms with Gasteiger partial charge in [0.25, 0.3) is 5.91 Å². The number of amides is 2. The summed E-state index contributed by atoms with van der Waals surface area (Å²) >= 11 is 0. The van der Waals surface area contributed by atoms with E-state index in [-0.39, 0.29) is 35.7 Å². The van der Waals surface area contributed by atoms with Gasteiger partial charge in [0, 0.05) is 60.9 Å². The van der Waals surface area contributed by atoms with Crippen molar-refractivity contribution in [3.05, 3.63) is 53.2 Å². The average molecular weight is 560 g/mol. The van der Waals surface area contributed by atoms with E-state index in [9.17, 15) is 14.7 Å². The minimum absolute atomic E-state index is 0.0233. The molecule has 2 amide bonds. The van der Waals surface area contributed by atoms with Crippen molar-refractivity contribution in [1.82, 2.24) is 10.3 Å². The predicted octanol–water partition coefficient (Wildman–Crippen LogP) is 5.06. The number of hydrogen-bond donors (Lipinski definition) is 2. The van der Waals surface area contributed by atoms with Gasteiger partial charge in [-0.05, 0) is 91.2 Å². The number of aliphatic imine (C=N–C) groups is 1. The summed E-state index contributed by atoms with van der Waals surface area (Å²) in [4.78, 5) is 40.1. The predicted molar refractivity (Wildman–Crippen MR) is 164 cm³/mol. The van der Waals surface area contributed by atoms with Crippen LogP contribution >= 0.6 is 0 Å². The molecule has 1 saturated carbocycles. The van der Waals surface area contributed by atoms with Gasteiger partial charge in [-0.3, -0.25) is 9.59 Å². The largest absolute Gasteiger partial charge is 0.390 e. The number of carbonyl (C=O) groups excluding carboxylic acids is 2. The molecule has 0 bridgehead atoms. The van der Waals surface area contributed by atoms with Crippen molar-refractivity contribution in [3.8, 4) is 0 Å². The number of pyridine rings is 1. The van der Waals surface area contributed by atoms with Crippen LogP contribution < -0.4 is 15.1 Å². The molecule has 0 atom stereocenters. The lowest BCUT2D eigenvalue weighted by Crippen LogP contribution is -2.44. The zero-order valence-corrected chi connectivity index (χ0v) is 25.2. The van der Waals surface area contributed by atoms with Crippen molar-refractivity contribution in [2.75, 3.05) is 22.9 Å². The number of fused-ring (bicyclic) bond motifs is 1. The number of aliphatic hydroxyl groups is 1. The van der Waals surface area contributed by atoms with E-state index in [4.69, 9.17) is 4.98 Å². The summed E-state index contributed by atoms with van der Waals surface area (Å²) in [6.45, 7) is 11.5. The topological polar surface area (TPSA) is 98.1 Å². The summed E-state index contributed by atoms with van der Waals surface area (Å²) < 4.78 is 0. The van der Waals surface area contributed by atoms with Crippen LogP contribution in [0.3, 0.4) is 0 Å². The summed E-state index contributed by atoms with van der Waals surface area (Å²) in [5, 5.41) is 13.6. The number of hydrogen-bond acceptors (Lipinski definition) is 5. The third kappa shape index (κ3) is 6.64. The number of nitrogens with zero attached hydrogens (tertiary/aromatic N) is 4. The molecule has 0 radical (unpaired) electrons. The van der Waals surface area contributed by atoms with E-state index in [1.807, 2.05) is 65.1 Å². The van der Waals surface area contributed by atoms with Crippen molar-refractivity contribution in [3.63, 3.8) is 0 Å². The summed E-state index contributed by atoms with van der Waals surface area (Å²) in [6.07, 6.45) is 7.71. The molecule has 1 aliphatic carbocycles. The molecular weight excluding hydrogens is 514 g/mol. The standard InChI is InChI=1S/C33H45N5O3/c1-21(2)35-31(39)23-9-11-27(12-10-23)38-28-19-29(37-15-13-26(14-16-37)33(4,5)41)34-20-25(28)18-30(38)36-32(40)24-8-6-7-22(3)17-24/h6-8,17,19-21,23,26-27,41H,9-16,18H2,1-5H3,(H,35,39). The van der Waals surface area contributed by atoms with Crippen LogP contribution in [0.4, 0.5) is 11.5 Å². The summed E-state index contributed by atoms with van der Waals surface area (Å²) in [6, 6.07) is 10.0. The van der Waals surface area contributed by atoms with Crippen molar-refractivity contribution < 1.29 is 14.7 Å². The molecule has 2 fully saturated rings. The van der Waals surface area contributed by atoms with Crippen LogP contribution in [0.15, 0.2) is 41.5 Å². The third-order valence-corrected chi connectivity index (χ3v) is 9.01. The maximum Gasteiger partial charge on any atom is 0.278 e. The minimum atomic E-state index is -0.672. The highest BCUT2D eigenvalue weighted by Crippen LogP contribution is 2.39. The SMILES string of the molecule is Cc1cccc(C(=O)N=C2Cc3cnc(N4CCC(C(C)(C)O)CC4)cc3N2C2CCC(C(=O)NC(C)C)CC2)c1. The first-order chi connectivity index (χ1) is 19.5. The lowest BCUT2D eigenvalue weighted by molar-refractivity contribution is -0.126. The zero-order chi connectivity index (χ0) is 29.3. The van der Waals surface area contributed by atoms with E-state index in [0.29, 0.717) is 12.0 Å². The number of piperidine rings is 1. The summed E-state index contributed by atoms with van der Waals surface area (Å²) in [5.74, 6) is 1.91. The molecule has 220 valence electrons. The highest BCUT2D eigenvalue weighted by Gasteiger charge is 2.37. The highest BCUT2D eigenvalue weighted by molar-refractivity contribution is 6.13. The van der Waals surface area contributed by atoms with Crippen LogP contribution in [0.2, 0.25) is 0 Å². The molecule has 2 N–H and O–H groups in total. The Morgan fingerprint density at radius 2 is 1.78 bits per heavy atom. The van der Waals surface area contributed by atoms with E-state index in [2.05, 4.69) is 26.2 Å². The molecule has 1 saturated heterocycles. The van der Waals surface area contributed by atoms with Gasteiger partial charge < -0.3 is 20.2 Å². The second kappa shape index (κ2) is 11.9. The fourth-order valence-electron chi connectivity index (χ4n) is 6.66. The Labute approximate surface area is 244 Å². The number of carbonyl (C=O) groups is 2. The van der Waals surface area contributed by atoms with Crippen molar-refractivity contribution in [2.45, 2.75) is 97.2 Å². The van der Waals surface area contributed by atoms with Gasteiger partial charge in [0.1, 0.15) is 11.7 Å². The highest BCUT2D eigenvalue weighted by atomic mass is 16.3. The number of amidine groups is 1. The van der Waals surface area contributed by atoms with Gasteiger partial charge in [-0.2, -0.15) is 4.99 Å². The molecular formula is C33H45N5O3. The first kappa shape index (κ1) is 29.2. The third-order valence-electron chi connectivity index (χ3n) is 9.01. The second-order valence-corrected chi connectivity index (χ2v) is 13.0. The molecule has 1 aromatic heterocycles. The van der Waals surface area contributed by atoms with Gasteiger partial charge in [0.05, 0.1) is 11.3 Å². The zero-order valence-electron chi connectivity index (χ0n) is 25.2. The maximum absolute atomic E-state index is 13.3. The Balaban J connectivity index is 1.40. The normalized spacial score (nSPS) is 22.8. The molecule has 1 aromatic carbocycles. The first-order valence-corrected chi connectivity index (χ1v) is 15.2. The maximum atomic E-state index is 13.3. The number of rotatable bonds is 6. The lowest BCUT2D eigenvalue weighted by Gasteiger charge is -2.39. The van der Waals surface area contributed by atoms with Crippen LogP contribution in [0.1, 0.15) is 87.7 Å². The minimum Gasteiger partial charge on any atom is -0.390 e. The van der Waals surface area contributed by atoms with Crippen LogP contribution in [-0.4, -0.2) is 58.5 Å². The average Bonchev–Trinajstić information content (AvgIpc) is 3.29. The summed E-state index contributed by atoms with van der Waals surface area (Å²) in [7, 11) is 0. The molecule has 41 heavy (non-hydrogen) atoms. The Hall–Kier alpha value is -3.26. The molecule has 3 aliphatic rings. The van der Waals surface area contributed by atoms with Gasteiger partial charge in [0.15, 0.2) is 0 Å². The van der Waals surface area contributed by atoms with Gasteiger partial charge >= 0.3 is 0 Å². The van der Waals surface area contributed by atoms with Gasteiger partial charge in [-0.1, -0.05) is 17.7 Å². The van der Waals surface area contributed by atoms with Crippen molar-refractivity contribution >= 4 is 29.2 Å². The number of anilines is 2. The monoisotopic (exact) mass is 559 g/mol. The fourth-order valence-corrected chi connectivity index (χ4v) is 6.66. The van der Waals surface area contributed by atoms with E-state index in [1.54, 1.807) is 0 Å². The van der Waals surface area contributed by atoms with Crippen LogP contribution in [0.25, 0.3) is 0 Å². The fraction of sp³-hybridized carbons (Fsp3) is 0.576. The van der Waals surface area contributed by atoms with E-state index in [1.165, 1.54) is 0 Å². The molecule has 5 rings (SSSR count). The number of aromatic nitrogens is 1. The van der Waals surface area contributed by atoms with Crippen LogP contribution in [0.5, 0.6) is 0 Å². The molecule has 0 unspecified atom stereocenters. The molecule has 2 aliphatic heterocycles. The van der Waals surface area contributed by atoms with Crippen LogP contribution in [-0.2, 0) is 11.2 Å². The molecule has 8 heteroatoms. The Morgan fingerprint density at radius 1 is 1.07 bits per heavy atom. The van der Waals surface area contributed by atoms with Crippen molar-refractivity contribution in [1.29, 1.82) is 0 Å². The summed E-state index contributed by atoms with van der Waals surface area (Å²) in [5.41, 5.74) is 3.11. The smallest absolute Gasteiger partial charge is 0.278 e. The number of aryl methyl sites for hydroxylation is 1. The Bertz CT molecular complexity index is 1300. The van der Waals surface area contributed by atoms with E-state index < -0.39 is 5.60 Å².